The van der Waals surface area contributed by atoms with Crippen LogP contribution in [0.3, 0.4) is 0 Å². The van der Waals surface area contributed by atoms with Crippen LogP contribution < -0.4 is 0 Å². The van der Waals surface area contributed by atoms with E-state index >= 15 is 0 Å². The van der Waals surface area contributed by atoms with Crippen molar-refractivity contribution in [3.63, 3.8) is 0 Å². The Morgan fingerprint density at radius 2 is 2.13 bits per heavy atom. The summed E-state index contributed by atoms with van der Waals surface area (Å²) < 4.78 is 5.27. The van der Waals surface area contributed by atoms with Gasteiger partial charge in [0.2, 0.25) is 5.89 Å². The number of carbonyl (C=O) groups is 1. The highest BCUT2D eigenvalue weighted by molar-refractivity contribution is 6.33. The molecule has 0 atom stereocenters. The third-order valence-electron chi connectivity index (χ3n) is 1.96. The molecular weight excluding hydrogens is 214 g/mol. The van der Waals surface area contributed by atoms with Gasteiger partial charge in [0.15, 0.2) is 11.5 Å². The van der Waals surface area contributed by atoms with E-state index in [1.54, 1.807) is 12.1 Å². The summed E-state index contributed by atoms with van der Waals surface area (Å²) >= 11 is 5.96. The lowest BCUT2D eigenvalue weighted by Gasteiger charge is -1.97. The summed E-state index contributed by atoms with van der Waals surface area (Å²) in [5.41, 5.74) is 0.687. The summed E-state index contributed by atoms with van der Waals surface area (Å²) in [5.74, 6) is 0.455. The van der Waals surface area contributed by atoms with E-state index < -0.39 is 0 Å². The van der Waals surface area contributed by atoms with Gasteiger partial charge in [-0.2, -0.15) is 0 Å². The lowest BCUT2D eigenvalue weighted by atomic mass is 10.2. The molecule has 1 aromatic carbocycles. The number of hydrogen-bond acceptors (Lipinski definition) is 3. The predicted molar refractivity (Wildman–Crippen MR) is 57.0 cm³/mol. The van der Waals surface area contributed by atoms with E-state index in [2.05, 4.69) is 4.98 Å². The first-order valence-electron chi connectivity index (χ1n) is 4.40. The fourth-order valence-electron chi connectivity index (χ4n) is 1.20. The maximum absolute atomic E-state index is 11.0. The highest BCUT2D eigenvalue weighted by Crippen LogP contribution is 2.26. The Labute approximate surface area is 91.7 Å². The Hall–Kier alpha value is -1.61. The number of ketones is 1. The standard InChI is InChI=1S/C11H8ClNO2/c1-7(14)10-6-13-11(15-10)8-4-2-3-5-9(8)12/h2-6H,1H3. The number of rotatable bonds is 2. The van der Waals surface area contributed by atoms with Gasteiger partial charge in [-0.25, -0.2) is 4.98 Å². The molecule has 0 unspecified atom stereocenters. The molecule has 2 aromatic rings. The van der Waals surface area contributed by atoms with E-state index in [0.717, 1.165) is 0 Å². The van der Waals surface area contributed by atoms with Crippen LogP contribution in [0.4, 0.5) is 0 Å². The average Bonchev–Trinajstić information content (AvgIpc) is 2.67. The molecule has 0 saturated heterocycles. The van der Waals surface area contributed by atoms with Gasteiger partial charge in [-0.05, 0) is 12.1 Å². The minimum atomic E-state index is -0.152. The average molecular weight is 222 g/mol. The molecule has 4 heteroatoms. The van der Waals surface area contributed by atoms with Crippen LogP contribution in [0.2, 0.25) is 5.02 Å². The van der Waals surface area contributed by atoms with Crippen molar-refractivity contribution >= 4 is 17.4 Å². The Balaban J connectivity index is 2.46. The molecular formula is C11H8ClNO2. The fourth-order valence-corrected chi connectivity index (χ4v) is 1.41. The van der Waals surface area contributed by atoms with Gasteiger partial charge in [0, 0.05) is 6.92 Å². The number of oxazole rings is 1. The monoisotopic (exact) mass is 221 g/mol. The molecule has 76 valence electrons. The van der Waals surface area contributed by atoms with Crippen molar-refractivity contribution in [1.29, 1.82) is 0 Å². The molecule has 0 spiro atoms. The molecule has 2 rings (SSSR count). The second kappa shape index (κ2) is 3.87. The molecule has 15 heavy (non-hydrogen) atoms. The van der Waals surface area contributed by atoms with Gasteiger partial charge in [-0.15, -0.1) is 0 Å². The van der Waals surface area contributed by atoms with E-state index in [-0.39, 0.29) is 11.5 Å². The SMILES string of the molecule is CC(=O)c1cnc(-c2ccccc2Cl)o1. The molecule has 0 bridgehead atoms. The van der Waals surface area contributed by atoms with Gasteiger partial charge in [-0.3, -0.25) is 4.79 Å². The highest BCUT2D eigenvalue weighted by atomic mass is 35.5. The normalized spacial score (nSPS) is 10.3. The van der Waals surface area contributed by atoms with Crippen LogP contribution in [0, 0.1) is 0 Å². The van der Waals surface area contributed by atoms with Gasteiger partial charge >= 0.3 is 0 Å². The Morgan fingerprint density at radius 1 is 1.40 bits per heavy atom. The smallest absolute Gasteiger partial charge is 0.228 e. The zero-order valence-electron chi connectivity index (χ0n) is 8.03. The summed E-state index contributed by atoms with van der Waals surface area (Å²) in [7, 11) is 0. The molecule has 0 aliphatic rings. The van der Waals surface area contributed by atoms with Gasteiger partial charge in [-0.1, -0.05) is 23.7 Å². The lowest BCUT2D eigenvalue weighted by molar-refractivity contribution is 0.0988. The molecule has 0 amide bonds. The van der Waals surface area contributed by atoms with Crippen molar-refractivity contribution in [2.45, 2.75) is 6.92 Å². The molecule has 0 aliphatic carbocycles. The molecule has 3 nitrogen and oxygen atoms in total. The van der Waals surface area contributed by atoms with Crippen LogP contribution >= 0.6 is 11.6 Å². The molecule has 0 radical (unpaired) electrons. The summed E-state index contributed by atoms with van der Waals surface area (Å²) in [5, 5.41) is 0.550. The van der Waals surface area contributed by atoms with Crippen molar-refractivity contribution in [2.24, 2.45) is 0 Å². The zero-order valence-corrected chi connectivity index (χ0v) is 8.78. The number of aromatic nitrogens is 1. The van der Waals surface area contributed by atoms with Crippen LogP contribution in [-0.2, 0) is 0 Å². The van der Waals surface area contributed by atoms with Crippen LogP contribution in [-0.4, -0.2) is 10.8 Å². The first-order chi connectivity index (χ1) is 7.18. The summed E-state index contributed by atoms with van der Waals surface area (Å²) in [4.78, 5) is 15.0. The van der Waals surface area contributed by atoms with E-state index in [9.17, 15) is 4.79 Å². The summed E-state index contributed by atoms with van der Waals surface area (Å²) in [6.45, 7) is 1.43. The first-order valence-corrected chi connectivity index (χ1v) is 4.78. The van der Waals surface area contributed by atoms with Crippen molar-refractivity contribution in [3.05, 3.63) is 41.2 Å². The maximum Gasteiger partial charge on any atom is 0.228 e. The predicted octanol–water partition coefficient (Wildman–Crippen LogP) is 3.20. The number of Topliss-reactive ketones (excluding diaryl/α,β-unsaturated/α-hetero) is 1. The van der Waals surface area contributed by atoms with Crippen molar-refractivity contribution in [1.82, 2.24) is 4.98 Å². The second-order valence-corrected chi connectivity index (χ2v) is 3.47. The van der Waals surface area contributed by atoms with Gasteiger partial charge < -0.3 is 4.42 Å². The molecule has 1 aromatic heterocycles. The zero-order chi connectivity index (χ0) is 10.8. The molecule has 0 saturated carbocycles. The molecule has 1 heterocycles. The minimum Gasteiger partial charge on any atom is -0.433 e. The third kappa shape index (κ3) is 1.92. The topological polar surface area (TPSA) is 43.1 Å². The molecule has 0 fully saturated rings. The van der Waals surface area contributed by atoms with E-state index in [4.69, 9.17) is 16.0 Å². The van der Waals surface area contributed by atoms with E-state index in [1.807, 2.05) is 12.1 Å². The van der Waals surface area contributed by atoms with Gasteiger partial charge in [0.05, 0.1) is 16.8 Å². The quantitative estimate of drug-likeness (QED) is 0.732. The first kappa shape index (κ1) is 9.93. The Morgan fingerprint density at radius 3 is 2.73 bits per heavy atom. The molecule has 0 N–H and O–H groups in total. The third-order valence-corrected chi connectivity index (χ3v) is 2.29. The Bertz CT molecular complexity index is 505. The van der Waals surface area contributed by atoms with Gasteiger partial charge in [0.1, 0.15) is 0 Å². The van der Waals surface area contributed by atoms with Crippen molar-refractivity contribution in [3.8, 4) is 11.5 Å². The van der Waals surface area contributed by atoms with Crippen LogP contribution in [0.5, 0.6) is 0 Å². The van der Waals surface area contributed by atoms with Crippen LogP contribution in [0.15, 0.2) is 34.9 Å². The van der Waals surface area contributed by atoms with E-state index in [1.165, 1.54) is 13.1 Å². The van der Waals surface area contributed by atoms with Crippen molar-refractivity contribution in [2.75, 3.05) is 0 Å². The Kier molecular flexibility index (Phi) is 2.56. The number of halogens is 1. The number of benzene rings is 1. The van der Waals surface area contributed by atoms with Gasteiger partial charge in [0.25, 0.3) is 0 Å². The summed E-state index contributed by atoms with van der Waals surface area (Å²) in [6.07, 6.45) is 1.40. The highest BCUT2D eigenvalue weighted by Gasteiger charge is 2.11. The minimum absolute atomic E-state index is 0.152. The molecule has 0 aliphatic heterocycles. The maximum atomic E-state index is 11.0. The van der Waals surface area contributed by atoms with Crippen LogP contribution in [0.1, 0.15) is 17.5 Å². The second-order valence-electron chi connectivity index (χ2n) is 3.07. The summed E-state index contributed by atoms with van der Waals surface area (Å²) in [6, 6.07) is 7.19. The number of nitrogens with zero attached hydrogens (tertiary/aromatic N) is 1. The number of carbonyl (C=O) groups excluding carboxylic acids is 1. The van der Waals surface area contributed by atoms with Crippen molar-refractivity contribution < 1.29 is 9.21 Å². The fraction of sp³-hybridized carbons (Fsp3) is 0.0909. The largest absolute Gasteiger partial charge is 0.433 e. The number of hydrogen-bond donors (Lipinski definition) is 0. The van der Waals surface area contributed by atoms with E-state index in [0.29, 0.717) is 16.5 Å². The lowest BCUT2D eigenvalue weighted by Crippen LogP contribution is -1.86. The van der Waals surface area contributed by atoms with Crippen LogP contribution in [0.25, 0.3) is 11.5 Å².